The Bertz CT molecular complexity index is 1150. The monoisotopic (exact) mass is 448 g/mol. The quantitative estimate of drug-likeness (QED) is 0.444. The van der Waals surface area contributed by atoms with Crippen molar-refractivity contribution < 1.29 is 19.1 Å². The number of nitrogens with one attached hydrogen (secondary N) is 2. The van der Waals surface area contributed by atoms with Gasteiger partial charge in [-0.1, -0.05) is 42.5 Å². The molecule has 6 heteroatoms. The summed E-state index contributed by atoms with van der Waals surface area (Å²) in [5.41, 5.74) is 2.85. The lowest BCUT2D eigenvalue weighted by atomic mass is 9.95. The Morgan fingerprint density at radius 1 is 1.03 bits per heavy atom. The van der Waals surface area contributed by atoms with E-state index in [-0.39, 0.29) is 30.7 Å². The number of carbonyl (C=O) groups is 2. The predicted octanol–water partition coefficient (Wildman–Crippen LogP) is 5.17. The minimum Gasteiger partial charge on any atom is -0.481 e. The van der Waals surface area contributed by atoms with E-state index in [0.29, 0.717) is 22.9 Å². The molecule has 1 saturated carbocycles. The van der Waals surface area contributed by atoms with Gasteiger partial charge in [0.2, 0.25) is 0 Å². The smallest absolute Gasteiger partial charge is 0.305 e. The molecule has 1 aliphatic carbocycles. The van der Waals surface area contributed by atoms with E-state index in [4.69, 9.17) is 5.11 Å². The number of carboxylic acid groups (broad SMARTS) is 1. The Balaban J connectivity index is 1.36. The second kappa shape index (κ2) is 10.1. The van der Waals surface area contributed by atoms with Crippen LogP contribution in [0.2, 0.25) is 0 Å². The Kier molecular flexibility index (Phi) is 7.04. The molecular weight excluding hydrogens is 419 g/mol. The van der Waals surface area contributed by atoms with Crippen LogP contribution < -0.4 is 10.6 Å². The van der Waals surface area contributed by atoms with Gasteiger partial charge in [-0.05, 0) is 66.8 Å². The third kappa shape index (κ3) is 5.40. The Morgan fingerprint density at radius 3 is 2.48 bits per heavy atom. The lowest BCUT2D eigenvalue weighted by Gasteiger charge is -2.22. The molecule has 0 aromatic heterocycles. The number of fused-ring (bicyclic) bond motifs is 1. The van der Waals surface area contributed by atoms with Gasteiger partial charge in [0.1, 0.15) is 5.82 Å². The summed E-state index contributed by atoms with van der Waals surface area (Å²) in [6.07, 6.45) is 3.05. The molecule has 3 atom stereocenters. The molecule has 1 amide bonds. The van der Waals surface area contributed by atoms with Crippen molar-refractivity contribution in [3.63, 3.8) is 0 Å². The standard InChI is InChI=1S/C27H29FN2O3/c1-17(22-12-13-25(28)24-5-3-2-4-23(22)24)30-21-11-10-20(16-21)18-6-8-19(9-7-18)27(33)29-15-14-26(31)32/h2-9,12-13,17,20-21,30H,10-11,14-16H2,1H3,(H,29,33)(H,31,32)/t17-,20?,21?/m1/s1. The number of carbonyl (C=O) groups excluding carboxylic acids is 1. The van der Waals surface area contributed by atoms with Crippen molar-refractivity contribution >= 4 is 22.6 Å². The molecule has 3 aromatic rings. The van der Waals surface area contributed by atoms with Crippen LogP contribution >= 0.6 is 0 Å². The van der Waals surface area contributed by atoms with Crippen molar-refractivity contribution in [3.8, 4) is 0 Å². The molecule has 0 radical (unpaired) electrons. The van der Waals surface area contributed by atoms with Crippen LogP contribution in [0, 0.1) is 5.82 Å². The molecule has 5 nitrogen and oxygen atoms in total. The molecule has 0 bridgehead atoms. The van der Waals surface area contributed by atoms with Crippen LogP contribution in [0.5, 0.6) is 0 Å². The van der Waals surface area contributed by atoms with Crippen molar-refractivity contribution in [1.82, 2.24) is 10.6 Å². The summed E-state index contributed by atoms with van der Waals surface area (Å²) >= 11 is 0. The van der Waals surface area contributed by atoms with E-state index in [0.717, 1.165) is 30.2 Å². The highest BCUT2D eigenvalue weighted by Gasteiger charge is 2.27. The maximum absolute atomic E-state index is 14.2. The molecule has 0 aliphatic heterocycles. The van der Waals surface area contributed by atoms with E-state index in [1.807, 2.05) is 42.5 Å². The van der Waals surface area contributed by atoms with E-state index < -0.39 is 5.97 Å². The number of hydrogen-bond acceptors (Lipinski definition) is 3. The normalized spacial score (nSPS) is 18.8. The summed E-state index contributed by atoms with van der Waals surface area (Å²) in [5, 5.41) is 16.6. The number of amides is 1. The molecule has 33 heavy (non-hydrogen) atoms. The zero-order valence-corrected chi connectivity index (χ0v) is 18.7. The van der Waals surface area contributed by atoms with Gasteiger partial charge >= 0.3 is 5.97 Å². The molecule has 0 spiro atoms. The first-order chi connectivity index (χ1) is 15.9. The molecule has 0 saturated heterocycles. The van der Waals surface area contributed by atoms with Crippen molar-refractivity contribution in [2.24, 2.45) is 0 Å². The van der Waals surface area contributed by atoms with Crippen LogP contribution in [-0.4, -0.2) is 29.6 Å². The molecule has 3 N–H and O–H groups in total. The highest BCUT2D eigenvalue weighted by atomic mass is 19.1. The van der Waals surface area contributed by atoms with Crippen molar-refractivity contribution in [3.05, 3.63) is 83.2 Å². The molecule has 3 aromatic carbocycles. The predicted molar refractivity (Wildman–Crippen MR) is 127 cm³/mol. The van der Waals surface area contributed by atoms with Crippen LogP contribution in [-0.2, 0) is 4.79 Å². The Labute approximate surface area is 193 Å². The SMILES string of the molecule is C[C@@H](NC1CCC(c2ccc(C(=O)NCCC(=O)O)cc2)C1)c1ccc(F)c2ccccc12. The highest BCUT2D eigenvalue weighted by molar-refractivity contribution is 5.94. The number of aliphatic carboxylic acids is 1. The second-order valence-electron chi connectivity index (χ2n) is 8.80. The Morgan fingerprint density at radius 2 is 1.76 bits per heavy atom. The van der Waals surface area contributed by atoms with Crippen molar-refractivity contribution in [2.75, 3.05) is 6.54 Å². The third-order valence-electron chi connectivity index (χ3n) is 6.56. The van der Waals surface area contributed by atoms with Crippen molar-refractivity contribution in [2.45, 2.75) is 50.6 Å². The number of hydrogen-bond donors (Lipinski definition) is 3. The fourth-order valence-corrected chi connectivity index (χ4v) is 4.83. The topological polar surface area (TPSA) is 78.4 Å². The maximum Gasteiger partial charge on any atom is 0.305 e. The lowest BCUT2D eigenvalue weighted by molar-refractivity contribution is -0.136. The first kappa shape index (κ1) is 22.9. The van der Waals surface area contributed by atoms with Gasteiger partial charge in [0.15, 0.2) is 0 Å². The highest BCUT2D eigenvalue weighted by Crippen LogP contribution is 2.36. The summed E-state index contributed by atoms with van der Waals surface area (Å²) in [6, 6.07) is 19.1. The van der Waals surface area contributed by atoms with Gasteiger partial charge in [-0.25, -0.2) is 4.39 Å². The first-order valence-electron chi connectivity index (χ1n) is 11.5. The van der Waals surface area contributed by atoms with Gasteiger partial charge in [0.25, 0.3) is 5.91 Å². The fraction of sp³-hybridized carbons (Fsp3) is 0.333. The van der Waals surface area contributed by atoms with Crippen LogP contribution in [0.25, 0.3) is 10.8 Å². The van der Waals surface area contributed by atoms with Gasteiger partial charge < -0.3 is 15.7 Å². The van der Waals surface area contributed by atoms with Crippen LogP contribution in [0.3, 0.4) is 0 Å². The van der Waals surface area contributed by atoms with Crippen molar-refractivity contribution in [1.29, 1.82) is 0 Å². The summed E-state index contributed by atoms with van der Waals surface area (Å²) in [7, 11) is 0. The number of carboxylic acids is 1. The average molecular weight is 449 g/mol. The minimum absolute atomic E-state index is 0.0908. The number of halogens is 1. The van der Waals surface area contributed by atoms with E-state index in [1.165, 1.54) is 5.56 Å². The minimum atomic E-state index is -0.933. The zero-order valence-electron chi connectivity index (χ0n) is 18.7. The van der Waals surface area contributed by atoms with Gasteiger partial charge in [-0.3, -0.25) is 9.59 Å². The fourth-order valence-electron chi connectivity index (χ4n) is 4.83. The zero-order chi connectivity index (χ0) is 23.4. The number of benzene rings is 3. The summed E-state index contributed by atoms with van der Waals surface area (Å²) in [5.74, 6) is -0.962. The Hall–Kier alpha value is -3.25. The van der Waals surface area contributed by atoms with Crippen LogP contribution in [0.1, 0.15) is 66.1 Å². The summed E-state index contributed by atoms with van der Waals surface area (Å²) in [6.45, 7) is 2.25. The van der Waals surface area contributed by atoms with Crippen LogP contribution in [0.4, 0.5) is 4.39 Å². The van der Waals surface area contributed by atoms with Gasteiger partial charge in [0, 0.05) is 29.6 Å². The van der Waals surface area contributed by atoms with E-state index >= 15 is 0 Å². The molecule has 1 fully saturated rings. The van der Waals surface area contributed by atoms with E-state index in [9.17, 15) is 14.0 Å². The molecule has 1 aliphatic rings. The molecule has 4 rings (SSSR count). The van der Waals surface area contributed by atoms with Gasteiger partial charge in [-0.15, -0.1) is 0 Å². The van der Waals surface area contributed by atoms with Gasteiger partial charge in [-0.2, -0.15) is 0 Å². The maximum atomic E-state index is 14.2. The average Bonchev–Trinajstić information content (AvgIpc) is 3.27. The summed E-state index contributed by atoms with van der Waals surface area (Å²) in [4.78, 5) is 22.7. The largest absolute Gasteiger partial charge is 0.481 e. The van der Waals surface area contributed by atoms with Crippen LogP contribution in [0.15, 0.2) is 60.7 Å². The third-order valence-corrected chi connectivity index (χ3v) is 6.56. The number of rotatable bonds is 8. The second-order valence-corrected chi connectivity index (χ2v) is 8.80. The first-order valence-corrected chi connectivity index (χ1v) is 11.5. The molecule has 172 valence electrons. The molecule has 2 unspecified atom stereocenters. The van der Waals surface area contributed by atoms with E-state index in [2.05, 4.69) is 17.6 Å². The van der Waals surface area contributed by atoms with E-state index in [1.54, 1.807) is 18.2 Å². The summed E-state index contributed by atoms with van der Waals surface area (Å²) < 4.78 is 14.2. The lowest BCUT2D eigenvalue weighted by Crippen LogP contribution is -2.29. The molecule has 0 heterocycles. The van der Waals surface area contributed by atoms with Gasteiger partial charge in [0.05, 0.1) is 6.42 Å². The molecular formula is C27H29FN2O3.